The van der Waals surface area contributed by atoms with Crippen molar-refractivity contribution in [2.45, 2.75) is 46.6 Å². The normalized spacial score (nSPS) is 29.4. The Balaban J connectivity index is 2.68. The SMILES string of the molecule is CCC[C@@H](C)[C@@H]1OC(=O)C(C)=C[C@H]1C. The van der Waals surface area contributed by atoms with E-state index >= 15 is 0 Å². The van der Waals surface area contributed by atoms with Gasteiger partial charge < -0.3 is 4.74 Å². The second kappa shape index (κ2) is 4.63. The first kappa shape index (κ1) is 11.3. The molecule has 0 saturated heterocycles. The number of carbonyl (C=O) groups excluding carboxylic acids is 1. The minimum Gasteiger partial charge on any atom is -0.458 e. The second-order valence-corrected chi connectivity index (χ2v) is 4.34. The fourth-order valence-corrected chi connectivity index (χ4v) is 2.14. The topological polar surface area (TPSA) is 26.3 Å². The molecule has 0 fully saturated rings. The Kier molecular flexibility index (Phi) is 3.73. The van der Waals surface area contributed by atoms with Crippen LogP contribution in [0.4, 0.5) is 0 Å². The highest BCUT2D eigenvalue weighted by Gasteiger charge is 2.30. The number of rotatable bonds is 3. The highest BCUT2D eigenvalue weighted by molar-refractivity contribution is 5.88. The van der Waals surface area contributed by atoms with Gasteiger partial charge in [-0.1, -0.05) is 33.3 Å². The van der Waals surface area contributed by atoms with Gasteiger partial charge in [-0.3, -0.25) is 0 Å². The van der Waals surface area contributed by atoms with Crippen LogP contribution in [0.5, 0.6) is 0 Å². The molecule has 80 valence electrons. The molecular formula is C12H20O2. The van der Waals surface area contributed by atoms with E-state index < -0.39 is 0 Å². The van der Waals surface area contributed by atoms with Crippen molar-refractivity contribution in [2.75, 3.05) is 0 Å². The predicted molar refractivity (Wildman–Crippen MR) is 56.9 cm³/mol. The second-order valence-electron chi connectivity index (χ2n) is 4.34. The quantitative estimate of drug-likeness (QED) is 0.649. The van der Waals surface area contributed by atoms with Gasteiger partial charge >= 0.3 is 5.97 Å². The van der Waals surface area contributed by atoms with Crippen LogP contribution in [-0.2, 0) is 9.53 Å². The maximum atomic E-state index is 11.4. The third kappa shape index (κ3) is 2.37. The van der Waals surface area contributed by atoms with E-state index in [1.165, 1.54) is 0 Å². The molecule has 2 heteroatoms. The van der Waals surface area contributed by atoms with Crippen LogP contribution in [0.3, 0.4) is 0 Å². The summed E-state index contributed by atoms with van der Waals surface area (Å²) in [5.74, 6) is 0.675. The molecule has 1 heterocycles. The Bertz CT molecular complexity index is 243. The van der Waals surface area contributed by atoms with Gasteiger partial charge in [-0.05, 0) is 19.3 Å². The van der Waals surface area contributed by atoms with Gasteiger partial charge in [-0.15, -0.1) is 0 Å². The zero-order valence-electron chi connectivity index (χ0n) is 9.54. The Morgan fingerprint density at radius 2 is 2.21 bits per heavy atom. The smallest absolute Gasteiger partial charge is 0.333 e. The van der Waals surface area contributed by atoms with E-state index in [4.69, 9.17) is 4.74 Å². The first-order chi connectivity index (χ1) is 6.56. The number of hydrogen-bond acceptors (Lipinski definition) is 2. The molecule has 2 nitrogen and oxygen atoms in total. The summed E-state index contributed by atoms with van der Waals surface area (Å²) >= 11 is 0. The van der Waals surface area contributed by atoms with E-state index in [2.05, 4.69) is 20.8 Å². The van der Waals surface area contributed by atoms with Crippen LogP contribution in [0.25, 0.3) is 0 Å². The first-order valence-electron chi connectivity index (χ1n) is 5.45. The standard InChI is InChI=1S/C12H20O2/c1-5-6-8(2)11-9(3)7-10(4)12(13)14-11/h7-9,11H,5-6H2,1-4H3/t8-,9-,11+/m1/s1. The minimum atomic E-state index is -0.143. The summed E-state index contributed by atoms with van der Waals surface area (Å²) in [6.07, 6.45) is 4.37. The average molecular weight is 196 g/mol. The molecule has 0 aromatic rings. The molecule has 0 saturated carbocycles. The zero-order chi connectivity index (χ0) is 10.7. The van der Waals surface area contributed by atoms with E-state index in [-0.39, 0.29) is 12.1 Å². The molecule has 0 amide bonds. The van der Waals surface area contributed by atoms with Crippen molar-refractivity contribution in [1.82, 2.24) is 0 Å². The molecular weight excluding hydrogens is 176 g/mol. The van der Waals surface area contributed by atoms with Crippen LogP contribution in [0.2, 0.25) is 0 Å². The molecule has 0 bridgehead atoms. The maximum Gasteiger partial charge on any atom is 0.333 e. The maximum absolute atomic E-state index is 11.4. The van der Waals surface area contributed by atoms with Gasteiger partial charge in [0, 0.05) is 11.5 Å². The summed E-state index contributed by atoms with van der Waals surface area (Å²) in [7, 11) is 0. The zero-order valence-corrected chi connectivity index (χ0v) is 9.54. The van der Waals surface area contributed by atoms with Crippen LogP contribution in [0.1, 0.15) is 40.5 Å². The molecule has 0 aliphatic carbocycles. The Labute approximate surface area is 86.3 Å². The van der Waals surface area contributed by atoms with Crippen molar-refractivity contribution in [3.8, 4) is 0 Å². The Morgan fingerprint density at radius 3 is 2.79 bits per heavy atom. The molecule has 0 radical (unpaired) electrons. The molecule has 0 aromatic carbocycles. The van der Waals surface area contributed by atoms with Gasteiger partial charge in [0.15, 0.2) is 0 Å². The number of hydrogen-bond donors (Lipinski definition) is 0. The van der Waals surface area contributed by atoms with Crippen molar-refractivity contribution in [2.24, 2.45) is 11.8 Å². The molecule has 1 aliphatic rings. The van der Waals surface area contributed by atoms with Gasteiger partial charge in [-0.2, -0.15) is 0 Å². The van der Waals surface area contributed by atoms with E-state index in [0.29, 0.717) is 11.8 Å². The molecule has 1 aliphatic heterocycles. The summed E-state index contributed by atoms with van der Waals surface area (Å²) < 4.78 is 5.42. The number of esters is 1. The van der Waals surface area contributed by atoms with Gasteiger partial charge in [-0.25, -0.2) is 4.79 Å². The molecule has 0 aromatic heterocycles. The molecule has 3 atom stereocenters. The number of carbonyl (C=O) groups is 1. The lowest BCUT2D eigenvalue weighted by Gasteiger charge is -2.31. The van der Waals surface area contributed by atoms with Crippen LogP contribution < -0.4 is 0 Å². The lowest BCUT2D eigenvalue weighted by molar-refractivity contribution is -0.150. The molecule has 0 spiro atoms. The third-order valence-corrected chi connectivity index (χ3v) is 2.90. The monoisotopic (exact) mass is 196 g/mol. The van der Waals surface area contributed by atoms with E-state index in [9.17, 15) is 4.79 Å². The predicted octanol–water partition coefficient (Wildman–Crippen LogP) is 2.93. The van der Waals surface area contributed by atoms with Gasteiger partial charge in [0.05, 0.1) is 0 Å². The summed E-state index contributed by atoms with van der Waals surface area (Å²) in [6.45, 7) is 8.26. The lowest BCUT2D eigenvalue weighted by Crippen LogP contribution is -2.34. The Hall–Kier alpha value is -0.790. The van der Waals surface area contributed by atoms with E-state index in [1.807, 2.05) is 13.0 Å². The van der Waals surface area contributed by atoms with Crippen LogP contribution in [0, 0.1) is 11.8 Å². The highest BCUT2D eigenvalue weighted by Crippen LogP contribution is 2.27. The third-order valence-electron chi connectivity index (χ3n) is 2.90. The van der Waals surface area contributed by atoms with Gasteiger partial charge in [0.1, 0.15) is 6.10 Å². The summed E-state index contributed by atoms with van der Waals surface area (Å²) in [4.78, 5) is 11.4. The van der Waals surface area contributed by atoms with Crippen molar-refractivity contribution in [3.05, 3.63) is 11.6 Å². The minimum absolute atomic E-state index is 0.0751. The average Bonchev–Trinajstić information content (AvgIpc) is 2.11. The van der Waals surface area contributed by atoms with Crippen LogP contribution in [-0.4, -0.2) is 12.1 Å². The molecule has 0 N–H and O–H groups in total. The van der Waals surface area contributed by atoms with Crippen molar-refractivity contribution < 1.29 is 9.53 Å². The van der Waals surface area contributed by atoms with Gasteiger partial charge in [0.25, 0.3) is 0 Å². The van der Waals surface area contributed by atoms with Crippen molar-refractivity contribution >= 4 is 5.97 Å². The van der Waals surface area contributed by atoms with Gasteiger partial charge in [0.2, 0.25) is 0 Å². The fraction of sp³-hybridized carbons (Fsp3) is 0.750. The number of cyclic esters (lactones) is 1. The largest absolute Gasteiger partial charge is 0.458 e. The summed E-state index contributed by atoms with van der Waals surface area (Å²) in [5.41, 5.74) is 0.748. The molecule has 1 rings (SSSR count). The summed E-state index contributed by atoms with van der Waals surface area (Å²) in [6, 6.07) is 0. The first-order valence-corrected chi connectivity index (χ1v) is 5.45. The van der Waals surface area contributed by atoms with Crippen molar-refractivity contribution in [1.29, 1.82) is 0 Å². The van der Waals surface area contributed by atoms with E-state index in [1.54, 1.807) is 0 Å². The lowest BCUT2D eigenvalue weighted by atomic mass is 9.87. The molecule has 0 unspecified atom stereocenters. The van der Waals surface area contributed by atoms with Crippen LogP contribution >= 0.6 is 0 Å². The summed E-state index contributed by atoms with van der Waals surface area (Å²) in [5, 5.41) is 0. The van der Waals surface area contributed by atoms with Crippen LogP contribution in [0.15, 0.2) is 11.6 Å². The highest BCUT2D eigenvalue weighted by atomic mass is 16.5. The number of ether oxygens (including phenoxy) is 1. The fourth-order valence-electron chi connectivity index (χ4n) is 2.14. The molecule has 14 heavy (non-hydrogen) atoms. The van der Waals surface area contributed by atoms with E-state index in [0.717, 1.165) is 18.4 Å². The Morgan fingerprint density at radius 1 is 1.57 bits per heavy atom. The van der Waals surface area contributed by atoms with Crippen molar-refractivity contribution in [3.63, 3.8) is 0 Å².